The fraction of sp³-hybridized carbons (Fsp3) is 0.278. The molecule has 0 aliphatic heterocycles. The Hall–Kier alpha value is -1.84. The van der Waals surface area contributed by atoms with Crippen LogP contribution in [0.4, 0.5) is 5.69 Å². The number of halogens is 1. The van der Waals surface area contributed by atoms with Crippen molar-refractivity contribution in [1.29, 1.82) is 0 Å². The van der Waals surface area contributed by atoms with E-state index >= 15 is 0 Å². The van der Waals surface area contributed by atoms with Crippen molar-refractivity contribution in [2.24, 2.45) is 0 Å². The average molecular weight is 317 g/mol. The van der Waals surface area contributed by atoms with Gasteiger partial charge in [0.15, 0.2) is 0 Å². The van der Waals surface area contributed by atoms with Crippen molar-refractivity contribution in [3.63, 3.8) is 0 Å². The van der Waals surface area contributed by atoms with Gasteiger partial charge < -0.3 is 10.6 Å². The molecule has 116 valence electrons. The Bertz CT molecular complexity index is 625. The molecule has 0 aliphatic carbocycles. The second-order valence-electron chi connectivity index (χ2n) is 5.26. The standard InChI is InChI=1S/C18H21ClN2O/c1-3-14-7-9-17(10-8-14)21-18(22)12-20-13(2)15-5-4-6-16(19)11-15/h4-11,13,20H,3,12H2,1-2H3,(H,21,22)/t13-/m1/s1. The van der Waals surface area contributed by atoms with E-state index in [-0.39, 0.29) is 18.5 Å². The largest absolute Gasteiger partial charge is 0.325 e. The van der Waals surface area contributed by atoms with Crippen LogP contribution in [0.5, 0.6) is 0 Å². The predicted octanol–water partition coefficient (Wildman–Crippen LogP) is 4.19. The number of carbonyl (C=O) groups excluding carboxylic acids is 1. The van der Waals surface area contributed by atoms with E-state index in [4.69, 9.17) is 11.6 Å². The first-order valence-electron chi connectivity index (χ1n) is 7.46. The molecule has 0 fully saturated rings. The van der Waals surface area contributed by atoms with Gasteiger partial charge in [-0.05, 0) is 48.7 Å². The van der Waals surface area contributed by atoms with Gasteiger partial charge >= 0.3 is 0 Å². The highest BCUT2D eigenvalue weighted by molar-refractivity contribution is 6.30. The molecule has 2 rings (SSSR count). The maximum Gasteiger partial charge on any atom is 0.238 e. The summed E-state index contributed by atoms with van der Waals surface area (Å²) in [5.74, 6) is -0.0573. The van der Waals surface area contributed by atoms with E-state index in [1.807, 2.05) is 55.5 Å². The summed E-state index contributed by atoms with van der Waals surface area (Å²) < 4.78 is 0. The molecule has 0 aromatic heterocycles. The Kier molecular flexibility index (Phi) is 5.99. The maximum absolute atomic E-state index is 12.0. The van der Waals surface area contributed by atoms with Gasteiger partial charge in [0.05, 0.1) is 6.54 Å². The summed E-state index contributed by atoms with van der Waals surface area (Å²) in [7, 11) is 0. The predicted molar refractivity (Wildman–Crippen MR) is 92.3 cm³/mol. The van der Waals surface area contributed by atoms with Crippen LogP contribution in [0, 0.1) is 0 Å². The first kappa shape index (κ1) is 16.5. The third-order valence-corrected chi connectivity index (χ3v) is 3.80. The van der Waals surface area contributed by atoms with Crippen molar-refractivity contribution in [3.8, 4) is 0 Å². The Morgan fingerprint density at radius 2 is 1.91 bits per heavy atom. The molecule has 0 saturated heterocycles. The van der Waals surface area contributed by atoms with E-state index in [2.05, 4.69) is 17.6 Å². The van der Waals surface area contributed by atoms with Crippen molar-refractivity contribution in [2.75, 3.05) is 11.9 Å². The van der Waals surface area contributed by atoms with E-state index in [1.54, 1.807) is 0 Å². The summed E-state index contributed by atoms with van der Waals surface area (Å²) in [5, 5.41) is 6.78. The zero-order valence-electron chi connectivity index (χ0n) is 12.9. The molecule has 3 nitrogen and oxygen atoms in total. The first-order valence-corrected chi connectivity index (χ1v) is 7.84. The minimum atomic E-state index is -0.0573. The highest BCUT2D eigenvalue weighted by atomic mass is 35.5. The quantitative estimate of drug-likeness (QED) is 0.839. The van der Waals surface area contributed by atoms with Gasteiger partial charge in [-0.15, -0.1) is 0 Å². The van der Waals surface area contributed by atoms with E-state index < -0.39 is 0 Å². The number of hydrogen-bond acceptors (Lipinski definition) is 2. The highest BCUT2D eigenvalue weighted by Crippen LogP contribution is 2.17. The molecule has 22 heavy (non-hydrogen) atoms. The fourth-order valence-electron chi connectivity index (χ4n) is 2.17. The van der Waals surface area contributed by atoms with E-state index in [0.717, 1.165) is 17.7 Å². The molecule has 0 saturated carbocycles. The SMILES string of the molecule is CCc1ccc(NC(=O)CN[C@H](C)c2cccc(Cl)c2)cc1. The molecule has 0 radical (unpaired) electrons. The van der Waals surface area contributed by atoms with Crippen molar-refractivity contribution in [3.05, 3.63) is 64.7 Å². The summed E-state index contributed by atoms with van der Waals surface area (Å²) in [6.07, 6.45) is 0.993. The van der Waals surface area contributed by atoms with Gasteiger partial charge in [-0.2, -0.15) is 0 Å². The second-order valence-corrected chi connectivity index (χ2v) is 5.69. The maximum atomic E-state index is 12.0. The van der Waals surface area contributed by atoms with Gasteiger partial charge in [-0.25, -0.2) is 0 Å². The van der Waals surface area contributed by atoms with Crippen LogP contribution in [0.1, 0.15) is 31.0 Å². The summed E-state index contributed by atoms with van der Waals surface area (Å²) in [4.78, 5) is 12.0. The molecule has 0 unspecified atom stereocenters. The summed E-state index contributed by atoms with van der Waals surface area (Å²) in [6.45, 7) is 4.37. The van der Waals surface area contributed by atoms with Crippen molar-refractivity contribution >= 4 is 23.2 Å². The first-order chi connectivity index (χ1) is 10.6. The molecular formula is C18H21ClN2O. The van der Waals surface area contributed by atoms with Gasteiger partial charge in [-0.1, -0.05) is 42.8 Å². The Morgan fingerprint density at radius 3 is 2.55 bits per heavy atom. The molecule has 1 atom stereocenters. The lowest BCUT2D eigenvalue weighted by Crippen LogP contribution is -2.30. The topological polar surface area (TPSA) is 41.1 Å². The third-order valence-electron chi connectivity index (χ3n) is 3.56. The lowest BCUT2D eigenvalue weighted by atomic mass is 10.1. The number of amides is 1. The van der Waals surface area contributed by atoms with Gasteiger partial charge in [0.2, 0.25) is 5.91 Å². The van der Waals surface area contributed by atoms with Crippen LogP contribution in [-0.2, 0) is 11.2 Å². The molecule has 0 aliphatic rings. The van der Waals surface area contributed by atoms with Crippen LogP contribution < -0.4 is 10.6 Å². The number of aryl methyl sites for hydroxylation is 1. The average Bonchev–Trinajstić information content (AvgIpc) is 2.53. The number of carbonyl (C=O) groups is 1. The van der Waals surface area contributed by atoms with E-state index in [9.17, 15) is 4.79 Å². The van der Waals surface area contributed by atoms with Crippen LogP contribution in [0.2, 0.25) is 5.02 Å². The van der Waals surface area contributed by atoms with Gasteiger partial charge in [0.1, 0.15) is 0 Å². The molecule has 2 aromatic rings. The minimum absolute atomic E-state index is 0.0573. The monoisotopic (exact) mass is 316 g/mol. The summed E-state index contributed by atoms with van der Waals surface area (Å²) in [5.41, 5.74) is 3.14. The summed E-state index contributed by atoms with van der Waals surface area (Å²) in [6, 6.07) is 15.6. The number of anilines is 1. The normalized spacial score (nSPS) is 12.0. The smallest absolute Gasteiger partial charge is 0.238 e. The Balaban J connectivity index is 1.84. The van der Waals surface area contributed by atoms with Gasteiger partial charge in [0, 0.05) is 16.8 Å². The van der Waals surface area contributed by atoms with Crippen LogP contribution in [0.3, 0.4) is 0 Å². The molecule has 4 heteroatoms. The molecular weight excluding hydrogens is 296 g/mol. The Labute approximate surface area is 136 Å². The lowest BCUT2D eigenvalue weighted by Gasteiger charge is -2.14. The minimum Gasteiger partial charge on any atom is -0.325 e. The number of nitrogens with one attached hydrogen (secondary N) is 2. The van der Waals surface area contributed by atoms with Gasteiger partial charge in [0.25, 0.3) is 0 Å². The number of benzene rings is 2. The zero-order valence-corrected chi connectivity index (χ0v) is 13.7. The van der Waals surface area contributed by atoms with Gasteiger partial charge in [-0.3, -0.25) is 4.79 Å². The van der Waals surface area contributed by atoms with Crippen molar-refractivity contribution in [1.82, 2.24) is 5.32 Å². The zero-order chi connectivity index (χ0) is 15.9. The molecule has 2 N–H and O–H groups in total. The Morgan fingerprint density at radius 1 is 1.18 bits per heavy atom. The molecule has 2 aromatic carbocycles. The van der Waals surface area contributed by atoms with Crippen LogP contribution >= 0.6 is 11.6 Å². The van der Waals surface area contributed by atoms with Crippen molar-refractivity contribution in [2.45, 2.75) is 26.3 Å². The molecule has 0 spiro atoms. The molecule has 0 heterocycles. The van der Waals surface area contributed by atoms with E-state index in [1.165, 1.54) is 5.56 Å². The lowest BCUT2D eigenvalue weighted by molar-refractivity contribution is -0.115. The van der Waals surface area contributed by atoms with Crippen LogP contribution in [-0.4, -0.2) is 12.5 Å². The fourth-order valence-corrected chi connectivity index (χ4v) is 2.37. The number of hydrogen-bond donors (Lipinski definition) is 2. The van der Waals surface area contributed by atoms with Crippen LogP contribution in [0.25, 0.3) is 0 Å². The third kappa shape index (κ3) is 4.86. The van der Waals surface area contributed by atoms with Crippen molar-refractivity contribution < 1.29 is 4.79 Å². The van der Waals surface area contributed by atoms with Crippen LogP contribution in [0.15, 0.2) is 48.5 Å². The summed E-state index contributed by atoms with van der Waals surface area (Å²) >= 11 is 5.98. The number of rotatable bonds is 6. The second kappa shape index (κ2) is 7.97. The highest BCUT2D eigenvalue weighted by Gasteiger charge is 2.08. The molecule has 1 amide bonds. The van der Waals surface area contributed by atoms with E-state index in [0.29, 0.717) is 5.02 Å². The molecule has 0 bridgehead atoms.